The Kier molecular flexibility index (Phi) is 5.76. The lowest BCUT2D eigenvalue weighted by atomic mass is 10.0. The van der Waals surface area contributed by atoms with Crippen molar-refractivity contribution < 1.29 is 4.74 Å². The summed E-state index contributed by atoms with van der Waals surface area (Å²) in [6.07, 6.45) is 4.55. The predicted octanol–water partition coefficient (Wildman–Crippen LogP) is 3.68. The number of ether oxygens (including phenoxy) is 1. The number of benzene rings is 1. The van der Waals surface area contributed by atoms with Gasteiger partial charge in [0.2, 0.25) is 0 Å². The minimum atomic E-state index is 0.295. The van der Waals surface area contributed by atoms with E-state index in [1.165, 1.54) is 16.7 Å². The number of pyridine rings is 1. The highest BCUT2D eigenvalue weighted by Crippen LogP contribution is 2.26. The molecule has 0 aliphatic heterocycles. The summed E-state index contributed by atoms with van der Waals surface area (Å²) in [4.78, 5) is 4.13. The van der Waals surface area contributed by atoms with Crippen LogP contribution in [0.2, 0.25) is 0 Å². The van der Waals surface area contributed by atoms with Gasteiger partial charge in [-0.25, -0.2) is 0 Å². The smallest absolute Gasteiger partial charge is 0.124 e. The molecule has 3 nitrogen and oxygen atoms in total. The molecule has 0 bridgehead atoms. The van der Waals surface area contributed by atoms with Crippen LogP contribution in [-0.2, 0) is 6.42 Å². The van der Waals surface area contributed by atoms with Gasteiger partial charge in [-0.05, 0) is 38.1 Å². The summed E-state index contributed by atoms with van der Waals surface area (Å²) in [5, 5.41) is 3.45. The van der Waals surface area contributed by atoms with E-state index < -0.39 is 0 Å². The zero-order valence-electron chi connectivity index (χ0n) is 13.1. The first-order chi connectivity index (χ1) is 10.2. The molecule has 1 N–H and O–H groups in total. The fraction of sp³-hybridized carbons (Fsp3) is 0.389. The minimum absolute atomic E-state index is 0.295. The Hall–Kier alpha value is -1.87. The van der Waals surface area contributed by atoms with Crippen molar-refractivity contribution in [3.63, 3.8) is 0 Å². The summed E-state index contributed by atoms with van der Waals surface area (Å²) in [5.41, 5.74) is 3.68. The molecular weight excluding hydrogens is 260 g/mol. The summed E-state index contributed by atoms with van der Waals surface area (Å²) >= 11 is 0. The number of hydrogen-bond donors (Lipinski definition) is 1. The predicted molar refractivity (Wildman–Crippen MR) is 86.7 cm³/mol. The van der Waals surface area contributed by atoms with Crippen LogP contribution in [0.4, 0.5) is 0 Å². The molecule has 0 fully saturated rings. The van der Waals surface area contributed by atoms with E-state index in [-0.39, 0.29) is 0 Å². The molecule has 21 heavy (non-hydrogen) atoms. The van der Waals surface area contributed by atoms with Crippen LogP contribution < -0.4 is 10.1 Å². The van der Waals surface area contributed by atoms with Crippen LogP contribution in [0.1, 0.15) is 36.6 Å². The van der Waals surface area contributed by atoms with Gasteiger partial charge in [-0.1, -0.05) is 30.7 Å². The summed E-state index contributed by atoms with van der Waals surface area (Å²) in [5.74, 6) is 0.970. The Bertz CT molecular complexity index is 554. The van der Waals surface area contributed by atoms with E-state index in [1.54, 1.807) is 6.20 Å². The van der Waals surface area contributed by atoms with Gasteiger partial charge in [-0.3, -0.25) is 4.98 Å². The molecule has 112 valence electrons. The minimum Gasteiger partial charge on any atom is -0.493 e. The lowest BCUT2D eigenvalue weighted by Crippen LogP contribution is -2.19. The number of hydrogen-bond acceptors (Lipinski definition) is 3. The standard InChI is InChI=1S/C18H24N2O/c1-4-20-15(3)17-12-14(2)7-8-18(17)21-11-9-16-6-5-10-19-13-16/h5-8,10,12-13,15,20H,4,9,11H2,1-3H3. The second-order valence-corrected chi connectivity index (χ2v) is 5.28. The molecule has 1 aromatic heterocycles. The van der Waals surface area contributed by atoms with Crippen molar-refractivity contribution >= 4 is 0 Å². The van der Waals surface area contributed by atoms with E-state index in [0.717, 1.165) is 18.7 Å². The number of nitrogens with one attached hydrogen (secondary N) is 1. The van der Waals surface area contributed by atoms with Crippen LogP contribution in [0.15, 0.2) is 42.7 Å². The van der Waals surface area contributed by atoms with E-state index in [1.807, 2.05) is 12.3 Å². The maximum absolute atomic E-state index is 6.00. The van der Waals surface area contributed by atoms with Crippen molar-refractivity contribution in [2.45, 2.75) is 33.2 Å². The lowest BCUT2D eigenvalue weighted by molar-refractivity contribution is 0.315. The summed E-state index contributed by atoms with van der Waals surface area (Å²) in [6, 6.07) is 10.7. The number of nitrogens with zero attached hydrogens (tertiary/aromatic N) is 1. The van der Waals surface area contributed by atoms with E-state index in [4.69, 9.17) is 4.74 Å². The molecule has 2 aromatic rings. The van der Waals surface area contributed by atoms with Crippen molar-refractivity contribution in [1.29, 1.82) is 0 Å². The van der Waals surface area contributed by atoms with Crippen LogP contribution in [0, 0.1) is 6.92 Å². The third-order valence-corrected chi connectivity index (χ3v) is 3.51. The van der Waals surface area contributed by atoms with Crippen LogP contribution >= 0.6 is 0 Å². The lowest BCUT2D eigenvalue weighted by Gasteiger charge is -2.18. The van der Waals surface area contributed by atoms with E-state index in [9.17, 15) is 0 Å². The fourth-order valence-corrected chi connectivity index (χ4v) is 2.38. The van der Waals surface area contributed by atoms with Crippen LogP contribution in [0.3, 0.4) is 0 Å². The highest BCUT2D eigenvalue weighted by molar-refractivity contribution is 5.39. The van der Waals surface area contributed by atoms with Gasteiger partial charge in [0.05, 0.1) is 6.61 Å². The number of aromatic nitrogens is 1. The Morgan fingerprint density at radius 3 is 2.86 bits per heavy atom. The van der Waals surface area contributed by atoms with E-state index in [0.29, 0.717) is 12.6 Å². The van der Waals surface area contributed by atoms with E-state index in [2.05, 4.69) is 55.3 Å². The van der Waals surface area contributed by atoms with Crippen molar-refractivity contribution in [2.24, 2.45) is 0 Å². The van der Waals surface area contributed by atoms with Crippen molar-refractivity contribution in [3.05, 3.63) is 59.4 Å². The second-order valence-electron chi connectivity index (χ2n) is 5.28. The van der Waals surface area contributed by atoms with Gasteiger partial charge < -0.3 is 10.1 Å². The molecule has 1 aromatic carbocycles. The first-order valence-corrected chi connectivity index (χ1v) is 7.56. The maximum Gasteiger partial charge on any atom is 0.124 e. The Labute approximate surface area is 127 Å². The van der Waals surface area contributed by atoms with Crippen LogP contribution in [-0.4, -0.2) is 18.1 Å². The van der Waals surface area contributed by atoms with Crippen molar-refractivity contribution in [2.75, 3.05) is 13.2 Å². The monoisotopic (exact) mass is 284 g/mol. The third kappa shape index (κ3) is 4.57. The molecule has 0 amide bonds. The number of rotatable bonds is 7. The van der Waals surface area contributed by atoms with Gasteiger partial charge in [0, 0.05) is 30.4 Å². The Balaban J connectivity index is 2.02. The molecule has 1 heterocycles. The average Bonchev–Trinajstić information content (AvgIpc) is 2.50. The van der Waals surface area contributed by atoms with Crippen LogP contribution in [0.5, 0.6) is 5.75 Å². The third-order valence-electron chi connectivity index (χ3n) is 3.51. The SMILES string of the molecule is CCNC(C)c1cc(C)ccc1OCCc1cccnc1. The van der Waals surface area contributed by atoms with Gasteiger partial charge in [-0.2, -0.15) is 0 Å². The second kappa shape index (κ2) is 7.79. The molecule has 0 radical (unpaired) electrons. The molecular formula is C18H24N2O. The molecule has 0 aliphatic rings. The molecule has 0 saturated heterocycles. The molecule has 2 rings (SSSR count). The van der Waals surface area contributed by atoms with Crippen molar-refractivity contribution in [3.8, 4) is 5.75 Å². The first kappa shape index (κ1) is 15.5. The van der Waals surface area contributed by atoms with Crippen molar-refractivity contribution in [1.82, 2.24) is 10.3 Å². The number of aryl methyl sites for hydroxylation is 1. The topological polar surface area (TPSA) is 34.1 Å². The van der Waals surface area contributed by atoms with Gasteiger partial charge >= 0.3 is 0 Å². The molecule has 1 atom stereocenters. The zero-order valence-corrected chi connectivity index (χ0v) is 13.1. The molecule has 0 aliphatic carbocycles. The normalized spacial score (nSPS) is 12.1. The Morgan fingerprint density at radius 1 is 1.29 bits per heavy atom. The summed E-state index contributed by atoms with van der Waals surface area (Å²) in [7, 11) is 0. The van der Waals surface area contributed by atoms with Gasteiger partial charge in [0.15, 0.2) is 0 Å². The largest absolute Gasteiger partial charge is 0.493 e. The van der Waals surface area contributed by atoms with Crippen LogP contribution in [0.25, 0.3) is 0 Å². The van der Waals surface area contributed by atoms with Gasteiger partial charge in [0.1, 0.15) is 5.75 Å². The maximum atomic E-state index is 6.00. The van der Waals surface area contributed by atoms with Gasteiger partial charge in [0.25, 0.3) is 0 Å². The molecule has 3 heteroatoms. The highest BCUT2D eigenvalue weighted by atomic mass is 16.5. The zero-order chi connectivity index (χ0) is 15.1. The summed E-state index contributed by atoms with van der Waals surface area (Å²) in [6.45, 7) is 8.02. The molecule has 0 spiro atoms. The Morgan fingerprint density at radius 2 is 2.14 bits per heavy atom. The molecule has 1 unspecified atom stereocenters. The van der Waals surface area contributed by atoms with E-state index >= 15 is 0 Å². The summed E-state index contributed by atoms with van der Waals surface area (Å²) < 4.78 is 6.00. The average molecular weight is 284 g/mol. The fourth-order valence-electron chi connectivity index (χ4n) is 2.38. The molecule has 0 saturated carbocycles. The quantitative estimate of drug-likeness (QED) is 0.842. The highest BCUT2D eigenvalue weighted by Gasteiger charge is 2.11. The van der Waals surface area contributed by atoms with Gasteiger partial charge in [-0.15, -0.1) is 0 Å². The first-order valence-electron chi connectivity index (χ1n) is 7.56.